The highest BCUT2D eigenvalue weighted by molar-refractivity contribution is 8.22. The van der Waals surface area contributed by atoms with E-state index in [1.807, 2.05) is 28.0 Å². The van der Waals surface area contributed by atoms with Gasteiger partial charge in [0, 0.05) is 6.54 Å². The Hall–Kier alpha value is -2.49. The van der Waals surface area contributed by atoms with Crippen LogP contribution in [0, 0.1) is 0 Å². The molecule has 2 aromatic rings. The molecule has 9 heteroatoms. The number of thioether (sulfide) groups is 1. The van der Waals surface area contributed by atoms with Crippen LogP contribution in [0.2, 0.25) is 0 Å². The summed E-state index contributed by atoms with van der Waals surface area (Å²) in [4.78, 5) is 15.9. The van der Waals surface area contributed by atoms with Crippen LogP contribution in [0.4, 0.5) is 0 Å². The molecule has 3 rings (SSSR count). The predicted octanol–water partition coefficient (Wildman–Crippen LogP) is 3.33. The number of phenols is 1. The van der Waals surface area contributed by atoms with Gasteiger partial charge in [0.2, 0.25) is 0 Å². The molecule has 1 atom stereocenters. The van der Waals surface area contributed by atoms with Gasteiger partial charge in [0.25, 0.3) is 0 Å². The maximum atomic E-state index is 12.0. The van der Waals surface area contributed by atoms with Gasteiger partial charge in [0.1, 0.15) is 16.1 Å². The van der Waals surface area contributed by atoms with Gasteiger partial charge in [0.05, 0.1) is 26.8 Å². The Morgan fingerprint density at radius 1 is 1.17 bits per heavy atom. The van der Waals surface area contributed by atoms with Gasteiger partial charge < -0.3 is 24.6 Å². The lowest BCUT2D eigenvalue weighted by Crippen LogP contribution is -2.48. The van der Waals surface area contributed by atoms with Crippen LogP contribution < -0.4 is 9.47 Å². The molecule has 1 fully saturated rings. The molecule has 0 bridgehead atoms. The molecule has 30 heavy (non-hydrogen) atoms. The maximum Gasteiger partial charge on any atom is 0.325 e. The Bertz CT molecular complexity index is 907. The van der Waals surface area contributed by atoms with Crippen LogP contribution >= 0.6 is 24.0 Å². The number of hydrogen-bond donors (Lipinski definition) is 2. The lowest BCUT2D eigenvalue weighted by molar-refractivity contribution is -0.143. The van der Waals surface area contributed by atoms with E-state index >= 15 is 0 Å². The van der Waals surface area contributed by atoms with Gasteiger partial charge in [-0.3, -0.25) is 9.69 Å². The Kier molecular flexibility index (Phi) is 7.41. The third-order valence-corrected chi connectivity index (χ3v) is 6.47. The quantitative estimate of drug-likeness (QED) is 0.591. The second kappa shape index (κ2) is 10.0. The Balaban J connectivity index is 1.71. The van der Waals surface area contributed by atoms with E-state index in [1.165, 1.54) is 23.9 Å². The number of carboxylic acid groups (broad SMARTS) is 1. The van der Waals surface area contributed by atoms with Crippen molar-refractivity contribution in [3.63, 3.8) is 0 Å². The summed E-state index contributed by atoms with van der Waals surface area (Å²) in [5.74, 6) is 1.01. The first-order valence-electron chi connectivity index (χ1n) is 9.31. The molecule has 0 amide bonds. The molecule has 0 aliphatic carbocycles. The first kappa shape index (κ1) is 22.2. The van der Waals surface area contributed by atoms with Gasteiger partial charge >= 0.3 is 5.97 Å². The molecule has 0 spiro atoms. The van der Waals surface area contributed by atoms with E-state index in [9.17, 15) is 15.0 Å². The van der Waals surface area contributed by atoms with Gasteiger partial charge in [0.15, 0.2) is 11.5 Å². The average molecular weight is 449 g/mol. The molecule has 160 valence electrons. The van der Waals surface area contributed by atoms with Crippen molar-refractivity contribution in [1.82, 2.24) is 9.80 Å². The van der Waals surface area contributed by atoms with Crippen LogP contribution in [-0.4, -0.2) is 63.6 Å². The van der Waals surface area contributed by atoms with Crippen LogP contribution in [0.5, 0.6) is 17.2 Å². The van der Waals surface area contributed by atoms with Crippen molar-refractivity contribution in [2.75, 3.05) is 33.3 Å². The molecule has 0 radical (unpaired) electrons. The first-order valence-corrected chi connectivity index (χ1v) is 10.7. The summed E-state index contributed by atoms with van der Waals surface area (Å²) in [6.07, 6.45) is 0.728. The van der Waals surface area contributed by atoms with Crippen LogP contribution in [-0.2, 0) is 11.2 Å². The van der Waals surface area contributed by atoms with Crippen molar-refractivity contribution in [1.29, 1.82) is 0 Å². The topological polar surface area (TPSA) is 82.5 Å². The summed E-state index contributed by atoms with van der Waals surface area (Å²) in [6, 6.07) is 11.3. The number of nitrogens with zero attached hydrogens (tertiary/aromatic N) is 2. The summed E-state index contributed by atoms with van der Waals surface area (Å²) >= 11 is 6.96. The van der Waals surface area contributed by atoms with Crippen LogP contribution in [0.25, 0.3) is 0 Å². The third-order valence-electron chi connectivity index (χ3n) is 4.89. The van der Waals surface area contributed by atoms with Gasteiger partial charge in [-0.1, -0.05) is 42.2 Å². The lowest BCUT2D eigenvalue weighted by atomic mass is 10.1. The highest BCUT2D eigenvalue weighted by Gasteiger charge is 2.32. The number of thiocarbonyl (C=S) groups is 1. The molecule has 1 aliphatic rings. The molecule has 1 heterocycles. The van der Waals surface area contributed by atoms with Crippen molar-refractivity contribution in [3.8, 4) is 17.2 Å². The predicted molar refractivity (Wildman–Crippen MR) is 120 cm³/mol. The largest absolute Gasteiger partial charge is 0.508 e. The highest BCUT2D eigenvalue weighted by Crippen LogP contribution is 2.31. The Labute approximate surface area is 185 Å². The molecule has 1 unspecified atom stereocenters. The zero-order valence-electron chi connectivity index (χ0n) is 16.8. The van der Waals surface area contributed by atoms with E-state index in [4.69, 9.17) is 21.7 Å². The number of hydrogen-bond acceptors (Lipinski definition) is 7. The van der Waals surface area contributed by atoms with E-state index in [-0.39, 0.29) is 5.75 Å². The van der Waals surface area contributed by atoms with Gasteiger partial charge in [-0.05, 0) is 41.8 Å². The monoisotopic (exact) mass is 448 g/mol. The van der Waals surface area contributed by atoms with Crippen molar-refractivity contribution in [2.45, 2.75) is 12.5 Å². The zero-order chi connectivity index (χ0) is 21.7. The van der Waals surface area contributed by atoms with E-state index in [0.717, 1.165) is 16.3 Å². The molecular weight excluding hydrogens is 424 g/mol. The first-order chi connectivity index (χ1) is 14.4. The van der Waals surface area contributed by atoms with Crippen LogP contribution in [0.3, 0.4) is 0 Å². The van der Waals surface area contributed by atoms with Gasteiger partial charge in [-0.25, -0.2) is 0 Å². The Morgan fingerprint density at radius 2 is 1.87 bits per heavy atom. The van der Waals surface area contributed by atoms with Crippen LogP contribution in [0.1, 0.15) is 17.2 Å². The molecule has 2 N–H and O–H groups in total. The number of aromatic hydroxyl groups is 1. The van der Waals surface area contributed by atoms with Gasteiger partial charge in [-0.2, -0.15) is 0 Å². The molecule has 2 aromatic carbocycles. The SMILES string of the molecule is COc1ccc(CCN2CN(C(C(=O)O)c3ccc(O)cc3)CSC2=S)cc1OC. The number of carbonyl (C=O) groups is 1. The number of benzene rings is 2. The second-order valence-corrected chi connectivity index (χ2v) is 8.38. The smallest absolute Gasteiger partial charge is 0.325 e. The van der Waals surface area contributed by atoms with E-state index in [1.54, 1.807) is 26.4 Å². The minimum absolute atomic E-state index is 0.105. The van der Waals surface area contributed by atoms with E-state index in [2.05, 4.69) is 0 Å². The number of aliphatic carboxylic acids is 1. The number of phenolic OH excluding ortho intramolecular Hbond substituents is 1. The standard InChI is InChI=1S/C21H24N2O5S2/c1-27-17-8-3-14(11-18(17)28-2)9-10-22-12-23(13-30-21(22)29)19(20(25)26)15-4-6-16(24)7-5-15/h3-8,11,19,24H,9-10,12-13H2,1-2H3,(H,25,26). The fourth-order valence-electron chi connectivity index (χ4n) is 3.33. The van der Waals surface area contributed by atoms with Crippen LogP contribution in [0.15, 0.2) is 42.5 Å². The summed E-state index contributed by atoms with van der Waals surface area (Å²) in [5, 5.41) is 19.3. The molecule has 1 saturated heterocycles. The molecule has 1 aliphatic heterocycles. The summed E-state index contributed by atoms with van der Waals surface area (Å²) in [5.41, 5.74) is 1.69. The minimum atomic E-state index is -0.936. The summed E-state index contributed by atoms with van der Waals surface area (Å²) < 4.78 is 11.4. The van der Waals surface area contributed by atoms with Crippen molar-refractivity contribution >= 4 is 34.3 Å². The second-order valence-electron chi connectivity index (χ2n) is 6.80. The Morgan fingerprint density at radius 3 is 2.50 bits per heavy atom. The highest BCUT2D eigenvalue weighted by atomic mass is 32.2. The molecule has 0 aromatic heterocycles. The normalized spacial score (nSPS) is 15.7. The number of rotatable bonds is 8. The van der Waals surface area contributed by atoms with Crippen molar-refractivity contribution in [2.24, 2.45) is 0 Å². The van der Waals surface area contributed by atoms with E-state index < -0.39 is 12.0 Å². The third kappa shape index (κ3) is 5.16. The minimum Gasteiger partial charge on any atom is -0.508 e. The number of carboxylic acids is 1. The van der Waals surface area contributed by atoms with Crippen molar-refractivity contribution in [3.05, 3.63) is 53.6 Å². The summed E-state index contributed by atoms with van der Waals surface area (Å²) in [7, 11) is 3.20. The zero-order valence-corrected chi connectivity index (χ0v) is 18.4. The average Bonchev–Trinajstić information content (AvgIpc) is 2.75. The fraction of sp³-hybridized carbons (Fsp3) is 0.333. The number of ether oxygens (including phenoxy) is 2. The molecular formula is C21H24N2O5S2. The summed E-state index contributed by atoms with van der Waals surface area (Å²) in [6.45, 7) is 1.07. The van der Waals surface area contributed by atoms with Crippen molar-refractivity contribution < 1.29 is 24.5 Å². The number of methoxy groups -OCH3 is 2. The fourth-order valence-corrected chi connectivity index (χ4v) is 4.48. The van der Waals surface area contributed by atoms with E-state index in [0.29, 0.717) is 36.2 Å². The molecule has 7 nitrogen and oxygen atoms in total. The molecule has 0 saturated carbocycles. The lowest BCUT2D eigenvalue weighted by Gasteiger charge is -2.39. The van der Waals surface area contributed by atoms with Gasteiger partial charge in [-0.15, -0.1) is 0 Å². The maximum absolute atomic E-state index is 12.0.